The molecule has 5 nitrogen and oxygen atoms in total. The van der Waals surface area contributed by atoms with Gasteiger partial charge in [0.1, 0.15) is 0 Å². The monoisotopic (exact) mass is 299 g/mol. The van der Waals surface area contributed by atoms with Crippen molar-refractivity contribution >= 4 is 10.0 Å². The molecule has 1 N–H and O–H groups in total. The first-order chi connectivity index (χ1) is 9.45. The van der Waals surface area contributed by atoms with E-state index in [0.29, 0.717) is 18.7 Å². The Morgan fingerprint density at radius 3 is 2.25 bits per heavy atom. The third-order valence-electron chi connectivity index (χ3n) is 3.73. The third kappa shape index (κ3) is 3.20. The average molecular weight is 299 g/mol. The largest absolute Gasteiger partial charge is 0.389 e. The maximum Gasteiger partial charge on any atom is 0.243 e. The summed E-state index contributed by atoms with van der Waals surface area (Å²) >= 11 is 0. The third-order valence-corrected chi connectivity index (χ3v) is 5.65. The van der Waals surface area contributed by atoms with E-state index in [9.17, 15) is 13.5 Å². The topological polar surface area (TPSA) is 66.8 Å². The summed E-state index contributed by atoms with van der Waals surface area (Å²) in [6, 6.07) is 6.42. The Kier molecular flexibility index (Phi) is 4.80. The van der Waals surface area contributed by atoms with E-state index in [1.807, 2.05) is 0 Å². The van der Waals surface area contributed by atoms with Crippen molar-refractivity contribution in [3.8, 4) is 0 Å². The Hall–Kier alpha value is -0.950. The van der Waals surface area contributed by atoms with Gasteiger partial charge in [-0.1, -0.05) is 12.1 Å². The van der Waals surface area contributed by atoms with Crippen LogP contribution in [0.25, 0.3) is 0 Å². The summed E-state index contributed by atoms with van der Waals surface area (Å²) in [6.45, 7) is 2.62. The van der Waals surface area contributed by atoms with Gasteiger partial charge in [-0.15, -0.1) is 0 Å². The molecule has 0 amide bonds. The van der Waals surface area contributed by atoms with Crippen LogP contribution in [-0.4, -0.2) is 44.1 Å². The van der Waals surface area contributed by atoms with Crippen LogP contribution in [0.5, 0.6) is 0 Å². The van der Waals surface area contributed by atoms with Gasteiger partial charge in [-0.2, -0.15) is 4.31 Å². The molecule has 1 saturated heterocycles. The van der Waals surface area contributed by atoms with E-state index in [2.05, 4.69) is 0 Å². The minimum atomic E-state index is -3.44. The highest BCUT2D eigenvalue weighted by molar-refractivity contribution is 7.89. The van der Waals surface area contributed by atoms with Gasteiger partial charge in [0.25, 0.3) is 0 Å². The van der Waals surface area contributed by atoms with Crippen LogP contribution in [0.1, 0.15) is 31.4 Å². The van der Waals surface area contributed by atoms with Gasteiger partial charge < -0.3 is 9.84 Å². The Bertz CT molecular complexity index is 531. The summed E-state index contributed by atoms with van der Waals surface area (Å²) in [4.78, 5) is 0.276. The Labute approximate surface area is 120 Å². The maximum atomic E-state index is 12.5. The van der Waals surface area contributed by atoms with Crippen molar-refractivity contribution in [2.45, 2.75) is 36.9 Å². The van der Waals surface area contributed by atoms with E-state index >= 15 is 0 Å². The SMILES string of the molecule is COC1CCN(S(=O)(=O)c2ccc(C(C)O)cc2)CC1. The number of nitrogens with zero attached hydrogens (tertiary/aromatic N) is 1. The number of benzene rings is 1. The van der Waals surface area contributed by atoms with Crippen molar-refractivity contribution in [2.75, 3.05) is 20.2 Å². The molecule has 0 bridgehead atoms. The Morgan fingerprint density at radius 2 is 1.80 bits per heavy atom. The highest BCUT2D eigenvalue weighted by atomic mass is 32.2. The molecule has 1 aliphatic rings. The second kappa shape index (κ2) is 6.22. The summed E-state index contributed by atoms with van der Waals surface area (Å²) in [7, 11) is -1.78. The number of ether oxygens (including phenoxy) is 1. The van der Waals surface area contributed by atoms with Gasteiger partial charge in [-0.25, -0.2) is 8.42 Å². The van der Waals surface area contributed by atoms with Crippen LogP contribution in [0.4, 0.5) is 0 Å². The molecular weight excluding hydrogens is 278 g/mol. The standard InChI is InChI=1S/C14H21NO4S/c1-11(16)12-3-5-14(6-4-12)20(17,18)15-9-7-13(19-2)8-10-15/h3-6,11,13,16H,7-10H2,1-2H3. The maximum absolute atomic E-state index is 12.5. The fourth-order valence-corrected chi connectivity index (χ4v) is 3.85. The molecule has 0 aliphatic carbocycles. The van der Waals surface area contributed by atoms with Crippen molar-refractivity contribution in [3.63, 3.8) is 0 Å². The number of methoxy groups -OCH3 is 1. The van der Waals surface area contributed by atoms with Gasteiger partial charge in [0.15, 0.2) is 0 Å². The molecule has 1 aromatic rings. The highest BCUT2D eigenvalue weighted by Crippen LogP contribution is 2.23. The van der Waals surface area contributed by atoms with E-state index in [0.717, 1.165) is 12.8 Å². The van der Waals surface area contributed by atoms with Gasteiger partial charge in [0.05, 0.1) is 17.1 Å². The lowest BCUT2D eigenvalue weighted by Crippen LogP contribution is -2.40. The molecule has 0 spiro atoms. The first-order valence-electron chi connectivity index (χ1n) is 6.76. The van der Waals surface area contributed by atoms with E-state index < -0.39 is 16.1 Å². The Morgan fingerprint density at radius 1 is 1.25 bits per heavy atom. The second-order valence-electron chi connectivity index (χ2n) is 5.08. The van der Waals surface area contributed by atoms with E-state index in [1.165, 1.54) is 4.31 Å². The van der Waals surface area contributed by atoms with E-state index in [1.54, 1.807) is 38.3 Å². The molecule has 1 fully saturated rings. The molecule has 1 atom stereocenters. The first-order valence-corrected chi connectivity index (χ1v) is 8.20. The van der Waals surface area contributed by atoms with E-state index in [-0.39, 0.29) is 11.0 Å². The molecule has 1 unspecified atom stereocenters. The van der Waals surface area contributed by atoms with Crippen LogP contribution in [0.2, 0.25) is 0 Å². The number of aliphatic hydroxyl groups is 1. The lowest BCUT2D eigenvalue weighted by molar-refractivity contribution is 0.0604. The summed E-state index contributed by atoms with van der Waals surface area (Å²) in [5.74, 6) is 0. The number of aliphatic hydroxyl groups excluding tert-OH is 1. The van der Waals surface area contributed by atoms with Gasteiger partial charge in [-0.3, -0.25) is 0 Å². The number of rotatable bonds is 4. The molecule has 1 aliphatic heterocycles. The zero-order valence-electron chi connectivity index (χ0n) is 11.8. The van der Waals surface area contributed by atoms with Crippen LogP contribution < -0.4 is 0 Å². The molecule has 6 heteroatoms. The van der Waals surface area contributed by atoms with Gasteiger partial charge in [-0.05, 0) is 37.5 Å². The number of piperidine rings is 1. The fraction of sp³-hybridized carbons (Fsp3) is 0.571. The number of sulfonamides is 1. The average Bonchev–Trinajstić information content (AvgIpc) is 2.47. The van der Waals surface area contributed by atoms with Gasteiger partial charge in [0, 0.05) is 20.2 Å². The normalized spacial score (nSPS) is 19.9. The predicted molar refractivity (Wildman–Crippen MR) is 75.9 cm³/mol. The van der Waals surface area contributed by atoms with Crippen molar-refractivity contribution < 1.29 is 18.3 Å². The van der Waals surface area contributed by atoms with Crippen LogP contribution in [-0.2, 0) is 14.8 Å². The fourth-order valence-electron chi connectivity index (χ4n) is 2.38. The lowest BCUT2D eigenvalue weighted by Gasteiger charge is -2.30. The zero-order valence-corrected chi connectivity index (χ0v) is 12.6. The molecule has 1 heterocycles. The van der Waals surface area contributed by atoms with Gasteiger partial charge in [0.2, 0.25) is 10.0 Å². The van der Waals surface area contributed by atoms with Gasteiger partial charge >= 0.3 is 0 Å². The zero-order chi connectivity index (χ0) is 14.8. The van der Waals surface area contributed by atoms with Crippen molar-refractivity contribution in [1.29, 1.82) is 0 Å². The number of hydrogen-bond donors (Lipinski definition) is 1. The quantitative estimate of drug-likeness (QED) is 0.916. The van der Waals surface area contributed by atoms with Crippen molar-refractivity contribution in [3.05, 3.63) is 29.8 Å². The van der Waals surface area contributed by atoms with Crippen LogP contribution in [0, 0.1) is 0 Å². The molecule has 0 aromatic heterocycles. The summed E-state index contributed by atoms with van der Waals surface area (Å²) < 4.78 is 31.7. The summed E-state index contributed by atoms with van der Waals surface area (Å²) in [5, 5.41) is 9.45. The first kappa shape index (κ1) is 15.4. The van der Waals surface area contributed by atoms with Crippen LogP contribution in [0.3, 0.4) is 0 Å². The molecule has 0 saturated carbocycles. The predicted octanol–water partition coefficient (Wildman–Crippen LogP) is 1.54. The Balaban J connectivity index is 2.14. The highest BCUT2D eigenvalue weighted by Gasteiger charge is 2.29. The van der Waals surface area contributed by atoms with Crippen LogP contribution in [0.15, 0.2) is 29.2 Å². The minimum absolute atomic E-state index is 0.152. The molecular formula is C14H21NO4S. The second-order valence-corrected chi connectivity index (χ2v) is 7.02. The van der Waals surface area contributed by atoms with E-state index in [4.69, 9.17) is 4.74 Å². The molecule has 112 valence electrons. The van der Waals surface area contributed by atoms with Crippen LogP contribution >= 0.6 is 0 Å². The van der Waals surface area contributed by atoms with Crippen molar-refractivity contribution in [1.82, 2.24) is 4.31 Å². The summed E-state index contributed by atoms with van der Waals surface area (Å²) in [5.41, 5.74) is 0.710. The molecule has 1 aromatic carbocycles. The summed E-state index contributed by atoms with van der Waals surface area (Å²) in [6.07, 6.45) is 1.01. The minimum Gasteiger partial charge on any atom is -0.389 e. The smallest absolute Gasteiger partial charge is 0.243 e. The molecule has 2 rings (SSSR count). The molecule has 0 radical (unpaired) electrons. The van der Waals surface area contributed by atoms with Crippen molar-refractivity contribution in [2.24, 2.45) is 0 Å². The lowest BCUT2D eigenvalue weighted by atomic mass is 10.1. The molecule has 20 heavy (non-hydrogen) atoms. The number of hydrogen-bond acceptors (Lipinski definition) is 4.